The van der Waals surface area contributed by atoms with Crippen LogP contribution in [0.5, 0.6) is 0 Å². The molecule has 1 fully saturated rings. The molecule has 156 valence electrons. The molecule has 0 bridgehead atoms. The first-order valence-electron chi connectivity index (χ1n) is 8.67. The van der Waals surface area contributed by atoms with Crippen molar-refractivity contribution >= 4 is 11.9 Å². The molecule has 1 amide bonds. The molecular formula is C17H21N5O7. The van der Waals surface area contributed by atoms with Gasteiger partial charge in [0, 0.05) is 0 Å². The van der Waals surface area contributed by atoms with Crippen LogP contribution >= 0.6 is 0 Å². The molecular weight excluding hydrogens is 386 g/mol. The minimum absolute atomic E-state index is 0.120. The number of nitrogens with zero attached hydrogens (tertiary/aromatic N) is 3. The van der Waals surface area contributed by atoms with Crippen molar-refractivity contribution in [3.63, 3.8) is 0 Å². The fourth-order valence-electron chi connectivity index (χ4n) is 2.67. The predicted octanol–water partition coefficient (Wildman–Crippen LogP) is -1.96. The Morgan fingerprint density at radius 3 is 2.62 bits per heavy atom. The highest BCUT2D eigenvalue weighted by atomic mass is 16.6. The Morgan fingerprint density at radius 2 is 1.97 bits per heavy atom. The average molecular weight is 407 g/mol. The zero-order valence-electron chi connectivity index (χ0n) is 15.2. The van der Waals surface area contributed by atoms with E-state index in [0.717, 1.165) is 16.6 Å². The average Bonchev–Trinajstić information content (AvgIpc) is 3.31. The normalized spacial score (nSPS) is 24.9. The van der Waals surface area contributed by atoms with Gasteiger partial charge in [-0.05, 0) is 5.56 Å². The molecule has 0 unspecified atom stereocenters. The zero-order valence-corrected chi connectivity index (χ0v) is 15.2. The van der Waals surface area contributed by atoms with Crippen LogP contribution in [-0.4, -0.2) is 68.0 Å². The summed E-state index contributed by atoms with van der Waals surface area (Å²) in [4.78, 5) is 26.7. The quantitative estimate of drug-likeness (QED) is 0.283. The van der Waals surface area contributed by atoms with Crippen LogP contribution in [0, 0.1) is 0 Å². The van der Waals surface area contributed by atoms with E-state index < -0.39 is 42.6 Å². The maximum Gasteiger partial charge on any atom is 0.350 e. The second-order valence-corrected chi connectivity index (χ2v) is 6.31. The number of ether oxygens (including phenoxy) is 3. The van der Waals surface area contributed by atoms with Crippen molar-refractivity contribution in [1.82, 2.24) is 14.8 Å². The minimum atomic E-state index is -1.40. The number of aliphatic hydroxyl groups is 2. The summed E-state index contributed by atoms with van der Waals surface area (Å²) >= 11 is 0. The van der Waals surface area contributed by atoms with E-state index in [0.29, 0.717) is 0 Å². The standard InChI is InChI=1S/C17H21N5O7/c18-13(25)15-20-8-22(21-15)16-12(24)11(23)10(29-16)7-28-17(26)14(19)27-6-9-4-2-1-3-5-9/h1-5,8,10-12,14,16,23-24H,6-7,19H2,(H2,18,25)/t10-,11-,12-,14-,16-/m1/s1. The van der Waals surface area contributed by atoms with E-state index in [2.05, 4.69) is 10.1 Å². The molecule has 6 N–H and O–H groups in total. The summed E-state index contributed by atoms with van der Waals surface area (Å²) in [6.45, 7) is -0.262. The van der Waals surface area contributed by atoms with Gasteiger partial charge in [0.25, 0.3) is 5.91 Å². The number of primary amides is 1. The molecule has 2 heterocycles. The molecule has 0 spiro atoms. The van der Waals surface area contributed by atoms with Gasteiger partial charge in [-0.1, -0.05) is 30.3 Å². The van der Waals surface area contributed by atoms with E-state index in [1.54, 1.807) is 0 Å². The second-order valence-electron chi connectivity index (χ2n) is 6.31. The van der Waals surface area contributed by atoms with Crippen LogP contribution in [0.25, 0.3) is 0 Å². The van der Waals surface area contributed by atoms with Crippen molar-refractivity contribution < 1.29 is 34.0 Å². The Labute approximate surface area is 165 Å². The topological polar surface area (TPSA) is 185 Å². The molecule has 1 aliphatic heterocycles. The van der Waals surface area contributed by atoms with Crippen molar-refractivity contribution in [3.8, 4) is 0 Å². The molecule has 1 aromatic heterocycles. The highest BCUT2D eigenvalue weighted by Crippen LogP contribution is 2.29. The summed E-state index contributed by atoms with van der Waals surface area (Å²) in [5, 5.41) is 24.0. The number of carbonyl (C=O) groups is 2. The van der Waals surface area contributed by atoms with Gasteiger partial charge >= 0.3 is 5.97 Å². The predicted molar refractivity (Wildman–Crippen MR) is 94.6 cm³/mol. The Morgan fingerprint density at radius 1 is 1.24 bits per heavy atom. The van der Waals surface area contributed by atoms with E-state index in [1.165, 1.54) is 0 Å². The molecule has 1 aliphatic rings. The number of nitrogens with two attached hydrogens (primary N) is 2. The van der Waals surface area contributed by atoms with E-state index >= 15 is 0 Å². The summed E-state index contributed by atoms with van der Waals surface area (Å²) in [7, 11) is 0. The number of amides is 1. The number of aliphatic hydroxyl groups excluding tert-OH is 2. The van der Waals surface area contributed by atoms with Crippen LogP contribution in [0.4, 0.5) is 0 Å². The fraction of sp³-hybridized carbons (Fsp3) is 0.412. The van der Waals surface area contributed by atoms with Gasteiger partial charge < -0.3 is 30.2 Å². The lowest BCUT2D eigenvalue weighted by Gasteiger charge is -2.17. The SMILES string of the molecule is NC(=O)c1ncn([C@@H]2O[C@H](COC(=O)[C@H](N)OCc3ccccc3)[C@@H](O)[C@H]2O)n1. The van der Waals surface area contributed by atoms with Crippen LogP contribution in [-0.2, 0) is 25.6 Å². The molecule has 1 saturated heterocycles. The van der Waals surface area contributed by atoms with Crippen molar-refractivity contribution in [2.75, 3.05) is 6.61 Å². The number of carbonyl (C=O) groups excluding carboxylic acids is 2. The molecule has 29 heavy (non-hydrogen) atoms. The smallest absolute Gasteiger partial charge is 0.350 e. The van der Waals surface area contributed by atoms with Gasteiger partial charge in [-0.15, -0.1) is 5.10 Å². The Hall–Kier alpha value is -2.90. The first-order chi connectivity index (χ1) is 13.9. The van der Waals surface area contributed by atoms with Gasteiger partial charge in [0.15, 0.2) is 6.23 Å². The van der Waals surface area contributed by atoms with Crippen molar-refractivity contribution in [1.29, 1.82) is 0 Å². The first kappa shape index (κ1) is 20.8. The number of esters is 1. The lowest BCUT2D eigenvalue weighted by molar-refractivity contribution is -0.163. The molecule has 12 heteroatoms. The molecule has 1 aromatic carbocycles. The van der Waals surface area contributed by atoms with Crippen LogP contribution in [0.3, 0.4) is 0 Å². The van der Waals surface area contributed by atoms with Crippen molar-refractivity contribution in [2.24, 2.45) is 11.5 Å². The lowest BCUT2D eigenvalue weighted by Crippen LogP contribution is -2.39. The Bertz CT molecular complexity index is 846. The number of rotatable bonds is 8. The largest absolute Gasteiger partial charge is 0.460 e. The maximum absolute atomic E-state index is 12.0. The van der Waals surface area contributed by atoms with E-state index in [-0.39, 0.29) is 19.0 Å². The summed E-state index contributed by atoms with van der Waals surface area (Å²) in [5.41, 5.74) is 11.6. The Kier molecular flexibility index (Phi) is 6.51. The van der Waals surface area contributed by atoms with Gasteiger partial charge in [0.05, 0.1) is 6.61 Å². The van der Waals surface area contributed by atoms with Crippen LogP contribution in [0.1, 0.15) is 22.4 Å². The maximum atomic E-state index is 12.0. The third kappa shape index (κ3) is 4.93. The number of hydrogen-bond donors (Lipinski definition) is 4. The highest BCUT2D eigenvalue weighted by Gasteiger charge is 2.45. The van der Waals surface area contributed by atoms with Crippen molar-refractivity contribution in [2.45, 2.75) is 37.4 Å². The summed E-state index contributed by atoms with van der Waals surface area (Å²) in [6.07, 6.45) is -5.18. The lowest BCUT2D eigenvalue weighted by atomic mass is 10.1. The monoisotopic (exact) mass is 407 g/mol. The zero-order chi connectivity index (χ0) is 21.0. The minimum Gasteiger partial charge on any atom is -0.460 e. The number of hydrogen-bond acceptors (Lipinski definition) is 10. The highest BCUT2D eigenvalue weighted by molar-refractivity contribution is 5.88. The van der Waals surface area contributed by atoms with Gasteiger partial charge in [0.1, 0.15) is 31.2 Å². The molecule has 0 saturated carbocycles. The van der Waals surface area contributed by atoms with Crippen molar-refractivity contribution in [3.05, 3.63) is 48.0 Å². The molecule has 12 nitrogen and oxygen atoms in total. The third-order valence-electron chi connectivity index (χ3n) is 4.22. The van der Waals surface area contributed by atoms with Crippen LogP contribution in [0.2, 0.25) is 0 Å². The molecule has 0 aliphatic carbocycles. The van der Waals surface area contributed by atoms with Crippen LogP contribution < -0.4 is 11.5 Å². The summed E-state index contributed by atoms with van der Waals surface area (Å²) < 4.78 is 16.8. The first-order valence-corrected chi connectivity index (χ1v) is 8.67. The van der Waals surface area contributed by atoms with E-state index in [4.69, 9.17) is 25.7 Å². The molecule has 2 aromatic rings. The van der Waals surface area contributed by atoms with Gasteiger partial charge in [0.2, 0.25) is 12.1 Å². The molecule has 3 rings (SSSR count). The van der Waals surface area contributed by atoms with Crippen LogP contribution in [0.15, 0.2) is 36.7 Å². The second kappa shape index (κ2) is 9.07. The summed E-state index contributed by atoms with van der Waals surface area (Å²) in [6, 6.07) is 9.13. The number of aromatic nitrogens is 3. The number of benzene rings is 1. The Balaban J connectivity index is 1.50. The third-order valence-corrected chi connectivity index (χ3v) is 4.22. The molecule has 5 atom stereocenters. The van der Waals surface area contributed by atoms with Gasteiger partial charge in [-0.25, -0.2) is 14.5 Å². The van der Waals surface area contributed by atoms with E-state index in [1.807, 2.05) is 30.3 Å². The fourth-order valence-corrected chi connectivity index (χ4v) is 2.67. The molecule has 0 radical (unpaired) electrons. The summed E-state index contributed by atoms with van der Waals surface area (Å²) in [5.74, 6) is -1.98. The van der Waals surface area contributed by atoms with Gasteiger partial charge in [-0.3, -0.25) is 10.5 Å². The van der Waals surface area contributed by atoms with Gasteiger partial charge in [-0.2, -0.15) is 0 Å². The van der Waals surface area contributed by atoms with E-state index in [9.17, 15) is 19.8 Å².